The van der Waals surface area contributed by atoms with Crippen LogP contribution in [0.3, 0.4) is 0 Å². The molecule has 1 saturated heterocycles. The lowest BCUT2D eigenvalue weighted by atomic mass is 10.2. The largest absolute Gasteiger partial charge is 0.444 e. The second-order valence-electron chi connectivity index (χ2n) is 5.81. The third-order valence-corrected chi connectivity index (χ3v) is 3.07. The van der Waals surface area contributed by atoms with Crippen LogP contribution in [0.15, 0.2) is 12.3 Å². The van der Waals surface area contributed by atoms with Crippen LogP contribution < -0.4 is 10.2 Å². The van der Waals surface area contributed by atoms with E-state index in [1.54, 1.807) is 12.3 Å². The van der Waals surface area contributed by atoms with E-state index in [2.05, 4.69) is 20.4 Å². The van der Waals surface area contributed by atoms with E-state index in [1.807, 2.05) is 20.8 Å². The van der Waals surface area contributed by atoms with Crippen molar-refractivity contribution < 1.29 is 9.53 Å². The molecule has 6 nitrogen and oxygen atoms in total. The molecule has 110 valence electrons. The molecule has 1 amide bonds. The fourth-order valence-corrected chi connectivity index (χ4v) is 2.25. The van der Waals surface area contributed by atoms with Gasteiger partial charge in [-0.3, -0.25) is 0 Å². The first kappa shape index (κ1) is 14.8. The Kier molecular flexibility index (Phi) is 4.32. The summed E-state index contributed by atoms with van der Waals surface area (Å²) < 4.78 is 5.25. The lowest BCUT2D eigenvalue weighted by Gasteiger charge is -2.22. The van der Waals surface area contributed by atoms with E-state index in [1.165, 1.54) is 0 Å². The second kappa shape index (κ2) is 5.83. The molecule has 0 aromatic carbocycles. The number of aromatic nitrogens is 2. The van der Waals surface area contributed by atoms with Gasteiger partial charge in [-0.1, -0.05) is 11.6 Å². The molecule has 0 radical (unpaired) electrons. The number of halogens is 1. The summed E-state index contributed by atoms with van der Waals surface area (Å²) in [5.41, 5.74) is 0.434. The molecule has 0 saturated carbocycles. The van der Waals surface area contributed by atoms with Crippen LogP contribution >= 0.6 is 11.6 Å². The van der Waals surface area contributed by atoms with Gasteiger partial charge in [0.05, 0.1) is 17.9 Å². The Labute approximate surface area is 123 Å². The fourth-order valence-electron chi connectivity index (χ4n) is 2.09. The minimum Gasteiger partial charge on any atom is -0.444 e. The van der Waals surface area contributed by atoms with Gasteiger partial charge < -0.3 is 15.0 Å². The molecule has 2 rings (SSSR count). The predicted octanol–water partition coefficient (Wildman–Crippen LogP) is 2.23. The van der Waals surface area contributed by atoms with E-state index in [9.17, 15) is 4.79 Å². The molecule has 1 fully saturated rings. The highest BCUT2D eigenvalue weighted by Crippen LogP contribution is 2.21. The molecule has 1 aliphatic heterocycles. The molecule has 2 heterocycles. The summed E-state index contributed by atoms with van der Waals surface area (Å²) in [7, 11) is 0. The van der Waals surface area contributed by atoms with Crippen LogP contribution in [0, 0.1) is 0 Å². The molecule has 1 aromatic heterocycles. The molecule has 7 heteroatoms. The van der Waals surface area contributed by atoms with Crippen molar-refractivity contribution in [3.8, 4) is 0 Å². The summed E-state index contributed by atoms with van der Waals surface area (Å²) in [6.45, 7) is 7.08. The van der Waals surface area contributed by atoms with Gasteiger partial charge in [0.15, 0.2) is 5.15 Å². The van der Waals surface area contributed by atoms with E-state index in [0.29, 0.717) is 11.7 Å². The molecule has 20 heavy (non-hydrogen) atoms. The Balaban J connectivity index is 1.88. The average molecular weight is 299 g/mol. The van der Waals surface area contributed by atoms with E-state index < -0.39 is 5.60 Å². The molecule has 1 aliphatic rings. The zero-order valence-electron chi connectivity index (χ0n) is 11.9. The maximum absolute atomic E-state index is 11.7. The average Bonchev–Trinajstić information content (AvgIpc) is 2.74. The molecule has 0 aliphatic carbocycles. The second-order valence-corrected chi connectivity index (χ2v) is 6.20. The first-order valence-electron chi connectivity index (χ1n) is 6.56. The molecular formula is C13H19ClN4O2. The summed E-state index contributed by atoms with van der Waals surface area (Å²) in [5, 5.41) is 10.8. The summed E-state index contributed by atoms with van der Waals surface area (Å²) in [6, 6.07) is 1.83. The molecule has 1 aromatic rings. The SMILES string of the molecule is CC(C)(C)OC(=O)NC1CCN(c2cnnc(Cl)c2)C1. The molecular weight excluding hydrogens is 280 g/mol. The van der Waals surface area contributed by atoms with Crippen LogP contribution in [0.4, 0.5) is 10.5 Å². The van der Waals surface area contributed by atoms with Crippen LogP contribution in [0.2, 0.25) is 5.15 Å². The van der Waals surface area contributed by atoms with Gasteiger partial charge in [0, 0.05) is 19.2 Å². The van der Waals surface area contributed by atoms with Crippen LogP contribution in [-0.4, -0.2) is 41.0 Å². The highest BCUT2D eigenvalue weighted by Gasteiger charge is 2.26. The third kappa shape index (κ3) is 4.23. The van der Waals surface area contributed by atoms with Crippen LogP contribution in [-0.2, 0) is 4.74 Å². The number of rotatable bonds is 2. The number of carbonyl (C=O) groups excluding carboxylic acids is 1. The van der Waals surface area contributed by atoms with Crippen molar-refractivity contribution in [3.63, 3.8) is 0 Å². The maximum atomic E-state index is 11.7. The van der Waals surface area contributed by atoms with Crippen LogP contribution in [0.25, 0.3) is 0 Å². The van der Waals surface area contributed by atoms with Crippen LogP contribution in [0.1, 0.15) is 27.2 Å². The summed E-state index contributed by atoms with van der Waals surface area (Å²) in [4.78, 5) is 13.8. The van der Waals surface area contributed by atoms with Gasteiger partial charge in [-0.05, 0) is 27.2 Å². The minimum absolute atomic E-state index is 0.0665. The number of anilines is 1. The van der Waals surface area contributed by atoms with Crippen molar-refractivity contribution in [1.82, 2.24) is 15.5 Å². The van der Waals surface area contributed by atoms with Crippen LogP contribution in [0.5, 0.6) is 0 Å². The quantitative estimate of drug-likeness (QED) is 0.907. The number of hydrogen-bond acceptors (Lipinski definition) is 5. The van der Waals surface area contributed by atoms with Crippen molar-refractivity contribution in [2.24, 2.45) is 0 Å². The first-order chi connectivity index (χ1) is 9.33. The number of amides is 1. The van der Waals surface area contributed by atoms with Gasteiger partial charge >= 0.3 is 6.09 Å². The normalized spacial score (nSPS) is 19.0. The molecule has 0 bridgehead atoms. The monoisotopic (exact) mass is 298 g/mol. The Morgan fingerprint density at radius 3 is 2.95 bits per heavy atom. The topological polar surface area (TPSA) is 67.3 Å². The number of nitrogens with zero attached hydrogens (tertiary/aromatic N) is 3. The van der Waals surface area contributed by atoms with E-state index in [4.69, 9.17) is 16.3 Å². The number of alkyl carbamates (subject to hydrolysis) is 1. The summed E-state index contributed by atoms with van der Waals surface area (Å²) in [5.74, 6) is 0. The molecule has 1 N–H and O–H groups in total. The highest BCUT2D eigenvalue weighted by atomic mass is 35.5. The fraction of sp³-hybridized carbons (Fsp3) is 0.615. The lowest BCUT2D eigenvalue weighted by molar-refractivity contribution is 0.0509. The van der Waals surface area contributed by atoms with Crippen molar-refractivity contribution in [2.75, 3.05) is 18.0 Å². The Bertz CT molecular complexity index is 490. The smallest absolute Gasteiger partial charge is 0.407 e. The number of carbonyl (C=O) groups is 1. The highest BCUT2D eigenvalue weighted by molar-refractivity contribution is 6.29. The van der Waals surface area contributed by atoms with Crippen molar-refractivity contribution in [2.45, 2.75) is 38.8 Å². The zero-order chi connectivity index (χ0) is 14.8. The molecule has 0 spiro atoms. The number of nitrogens with one attached hydrogen (secondary N) is 1. The zero-order valence-corrected chi connectivity index (χ0v) is 12.6. The Morgan fingerprint density at radius 2 is 2.30 bits per heavy atom. The third-order valence-electron chi connectivity index (χ3n) is 2.88. The van der Waals surface area contributed by atoms with Gasteiger partial charge in [0.1, 0.15) is 5.60 Å². The number of hydrogen-bond donors (Lipinski definition) is 1. The van der Waals surface area contributed by atoms with Crippen molar-refractivity contribution in [3.05, 3.63) is 17.4 Å². The molecule has 1 atom stereocenters. The number of ether oxygens (including phenoxy) is 1. The van der Waals surface area contributed by atoms with Gasteiger partial charge in [-0.15, -0.1) is 5.10 Å². The van der Waals surface area contributed by atoms with Gasteiger partial charge in [0.2, 0.25) is 0 Å². The van der Waals surface area contributed by atoms with E-state index >= 15 is 0 Å². The minimum atomic E-state index is -0.481. The maximum Gasteiger partial charge on any atom is 0.407 e. The molecule has 1 unspecified atom stereocenters. The van der Waals surface area contributed by atoms with Crippen molar-refractivity contribution in [1.29, 1.82) is 0 Å². The van der Waals surface area contributed by atoms with E-state index in [0.717, 1.165) is 18.7 Å². The van der Waals surface area contributed by atoms with Crippen molar-refractivity contribution >= 4 is 23.4 Å². The van der Waals surface area contributed by atoms with Gasteiger partial charge in [0.25, 0.3) is 0 Å². The summed E-state index contributed by atoms with van der Waals surface area (Å²) in [6.07, 6.45) is 2.15. The predicted molar refractivity (Wildman–Crippen MR) is 77.0 cm³/mol. The van der Waals surface area contributed by atoms with Gasteiger partial charge in [-0.25, -0.2) is 4.79 Å². The van der Waals surface area contributed by atoms with Gasteiger partial charge in [-0.2, -0.15) is 5.10 Å². The first-order valence-corrected chi connectivity index (χ1v) is 6.94. The lowest BCUT2D eigenvalue weighted by Crippen LogP contribution is -2.40. The Hall–Kier alpha value is -1.56. The standard InChI is InChI=1S/C13H19ClN4O2/c1-13(2,3)20-12(19)16-9-4-5-18(8-9)10-6-11(14)17-15-7-10/h6-7,9H,4-5,8H2,1-3H3,(H,16,19). The van der Waals surface area contributed by atoms with E-state index in [-0.39, 0.29) is 12.1 Å². The Morgan fingerprint density at radius 1 is 1.55 bits per heavy atom. The summed E-state index contributed by atoms with van der Waals surface area (Å²) >= 11 is 5.83.